The lowest BCUT2D eigenvalue weighted by Crippen LogP contribution is -2.10. The van der Waals surface area contributed by atoms with Crippen LogP contribution in [0.15, 0.2) is 18.2 Å². The predicted octanol–water partition coefficient (Wildman–Crippen LogP) is 2.32. The number of Topliss-reactive ketones (excluding diaryl/α,β-unsaturated/α-hetero) is 1. The molecule has 0 aromatic heterocycles. The molecule has 0 saturated heterocycles. The number of ketones is 1. The molecule has 0 radical (unpaired) electrons. The lowest BCUT2D eigenvalue weighted by molar-refractivity contribution is -0.135. The summed E-state index contributed by atoms with van der Waals surface area (Å²) in [6.45, 7) is 1.36. The largest absolute Gasteiger partial charge is 0.467 e. The minimum atomic E-state index is -0.709. The monoisotopic (exact) mass is 314 g/mol. The second kappa shape index (κ2) is 8.39. The number of benzene rings is 1. The van der Waals surface area contributed by atoms with Crippen LogP contribution in [0.3, 0.4) is 0 Å². The van der Waals surface area contributed by atoms with E-state index in [0.717, 1.165) is 0 Å². The molecule has 0 aliphatic carbocycles. The van der Waals surface area contributed by atoms with Crippen LogP contribution in [-0.2, 0) is 14.3 Å². The molecule has 0 unspecified atom stereocenters. The molecule has 6 nitrogen and oxygen atoms in total. The predicted molar refractivity (Wildman–Crippen MR) is 74.7 cm³/mol. The van der Waals surface area contributed by atoms with Gasteiger partial charge in [-0.1, -0.05) is 0 Å². The molecule has 114 valence electrons. The van der Waals surface area contributed by atoms with Crippen molar-refractivity contribution in [3.63, 3.8) is 0 Å². The Kier molecular flexibility index (Phi) is 6.84. The Balaban J connectivity index is 2.84. The first-order chi connectivity index (χ1) is 9.92. The number of halogens is 1. The van der Waals surface area contributed by atoms with Gasteiger partial charge in [0.15, 0.2) is 6.79 Å². The van der Waals surface area contributed by atoms with E-state index in [9.17, 15) is 14.4 Å². The maximum Gasteiger partial charge on any atom is 0.311 e. The summed E-state index contributed by atoms with van der Waals surface area (Å²) >= 11 is 5.41. The highest BCUT2D eigenvalue weighted by Gasteiger charge is 2.12. The summed E-state index contributed by atoms with van der Waals surface area (Å²) in [5.74, 6) is -0.304. The van der Waals surface area contributed by atoms with Gasteiger partial charge in [-0.15, -0.1) is 0 Å². The number of hydrogen-bond donors (Lipinski definition) is 0. The van der Waals surface area contributed by atoms with Gasteiger partial charge in [0.2, 0.25) is 0 Å². The van der Waals surface area contributed by atoms with Crippen molar-refractivity contribution in [3.8, 4) is 11.5 Å². The maximum atomic E-state index is 11.6. The second-order valence-electron chi connectivity index (χ2n) is 4.19. The Labute approximate surface area is 126 Å². The summed E-state index contributed by atoms with van der Waals surface area (Å²) in [5.41, 5.74) is 0.125. The van der Waals surface area contributed by atoms with Crippen molar-refractivity contribution in [1.29, 1.82) is 0 Å². The fraction of sp³-hybridized carbons (Fsp3) is 0.357. The third-order valence-electron chi connectivity index (χ3n) is 2.36. The van der Waals surface area contributed by atoms with Crippen molar-refractivity contribution in [2.75, 3.05) is 13.9 Å². The highest BCUT2D eigenvalue weighted by molar-refractivity contribution is 6.67. The van der Waals surface area contributed by atoms with E-state index in [1.54, 1.807) is 0 Å². The first-order valence-corrected chi connectivity index (χ1v) is 6.47. The van der Waals surface area contributed by atoms with Gasteiger partial charge in [-0.05, 0) is 30.7 Å². The van der Waals surface area contributed by atoms with Crippen LogP contribution >= 0.6 is 11.6 Å². The van der Waals surface area contributed by atoms with Gasteiger partial charge in [-0.2, -0.15) is 0 Å². The molecule has 0 aliphatic heterocycles. The molecule has 0 spiro atoms. The Morgan fingerprint density at radius 3 is 2.33 bits per heavy atom. The normalized spacial score (nSPS) is 10.0. The molecule has 0 aliphatic rings. The van der Waals surface area contributed by atoms with Crippen molar-refractivity contribution >= 4 is 28.6 Å². The zero-order valence-corrected chi connectivity index (χ0v) is 12.4. The van der Waals surface area contributed by atoms with E-state index in [1.165, 1.54) is 32.2 Å². The molecule has 0 fully saturated rings. The highest BCUT2D eigenvalue weighted by Crippen LogP contribution is 2.24. The van der Waals surface area contributed by atoms with Crippen LogP contribution in [-0.4, -0.2) is 30.9 Å². The summed E-state index contributed by atoms with van der Waals surface area (Å²) in [7, 11) is 1.44. The molecule has 0 bridgehead atoms. The number of rotatable bonds is 8. The quantitative estimate of drug-likeness (QED) is 0.317. The van der Waals surface area contributed by atoms with Gasteiger partial charge in [0.05, 0.1) is 6.42 Å². The van der Waals surface area contributed by atoms with Crippen molar-refractivity contribution in [1.82, 2.24) is 0 Å². The molecule has 1 rings (SSSR count). The van der Waals surface area contributed by atoms with Gasteiger partial charge in [0.1, 0.15) is 17.3 Å². The Hall–Kier alpha value is -1.92. The Morgan fingerprint density at radius 2 is 1.76 bits per heavy atom. The summed E-state index contributed by atoms with van der Waals surface area (Å²) in [4.78, 5) is 33.6. The zero-order chi connectivity index (χ0) is 15.8. The van der Waals surface area contributed by atoms with E-state index >= 15 is 0 Å². The van der Waals surface area contributed by atoms with E-state index in [4.69, 9.17) is 25.8 Å². The van der Waals surface area contributed by atoms with Crippen LogP contribution in [0, 0.1) is 0 Å². The number of methoxy groups -OCH3 is 1. The lowest BCUT2D eigenvalue weighted by atomic mass is 10.2. The molecule has 0 atom stereocenters. The molecule has 1 aromatic rings. The van der Waals surface area contributed by atoms with Crippen molar-refractivity contribution in [3.05, 3.63) is 23.8 Å². The van der Waals surface area contributed by atoms with Crippen molar-refractivity contribution in [2.24, 2.45) is 0 Å². The smallest absolute Gasteiger partial charge is 0.311 e. The molecule has 1 aromatic carbocycles. The standard InChI is InChI=1S/C14H15ClO6/c1-9(16)3-4-13(17)21-12-6-10(14(15)18)5-11(7-12)20-8-19-2/h5-7H,3-4,8H2,1-2H3. The van der Waals surface area contributed by atoms with Gasteiger partial charge < -0.3 is 19.0 Å². The van der Waals surface area contributed by atoms with E-state index in [0.29, 0.717) is 0 Å². The van der Waals surface area contributed by atoms with E-state index in [2.05, 4.69) is 0 Å². The molecular formula is C14H15ClO6. The molecule has 7 heteroatoms. The van der Waals surface area contributed by atoms with E-state index < -0.39 is 11.2 Å². The fourth-order valence-corrected chi connectivity index (χ4v) is 1.52. The molecule has 0 amide bonds. The summed E-state index contributed by atoms with van der Waals surface area (Å²) in [5, 5.41) is -0.709. The van der Waals surface area contributed by atoms with E-state index in [1.807, 2.05) is 0 Å². The minimum Gasteiger partial charge on any atom is -0.467 e. The van der Waals surface area contributed by atoms with Gasteiger partial charge in [0, 0.05) is 25.2 Å². The SMILES string of the molecule is COCOc1cc(OC(=O)CCC(C)=O)cc(C(=O)Cl)c1. The number of ether oxygens (including phenoxy) is 3. The van der Waals surface area contributed by atoms with Crippen LogP contribution in [0.5, 0.6) is 11.5 Å². The minimum absolute atomic E-state index is 0.0301. The average molecular weight is 315 g/mol. The van der Waals surface area contributed by atoms with Gasteiger partial charge in [0.25, 0.3) is 5.24 Å². The average Bonchev–Trinajstić information content (AvgIpc) is 2.42. The van der Waals surface area contributed by atoms with Gasteiger partial charge in [-0.25, -0.2) is 0 Å². The topological polar surface area (TPSA) is 78.9 Å². The number of carbonyl (C=O) groups excluding carboxylic acids is 3. The maximum absolute atomic E-state index is 11.6. The van der Waals surface area contributed by atoms with Crippen LogP contribution < -0.4 is 9.47 Å². The third kappa shape index (κ3) is 6.37. The molecule has 21 heavy (non-hydrogen) atoms. The van der Waals surface area contributed by atoms with Crippen LogP contribution in [0.25, 0.3) is 0 Å². The summed E-state index contributed by atoms with van der Waals surface area (Å²) in [6.07, 6.45) is 0.0582. The Morgan fingerprint density at radius 1 is 1.10 bits per heavy atom. The Bertz CT molecular complexity index is 540. The second-order valence-corrected chi connectivity index (χ2v) is 4.54. The number of esters is 1. The van der Waals surface area contributed by atoms with Gasteiger partial charge in [-0.3, -0.25) is 9.59 Å². The summed E-state index contributed by atoms with van der Waals surface area (Å²) < 4.78 is 15.0. The van der Waals surface area contributed by atoms with E-state index in [-0.39, 0.29) is 42.5 Å². The molecular weight excluding hydrogens is 300 g/mol. The van der Waals surface area contributed by atoms with Crippen LogP contribution in [0.4, 0.5) is 0 Å². The molecule has 0 heterocycles. The lowest BCUT2D eigenvalue weighted by Gasteiger charge is -2.09. The molecule has 0 saturated carbocycles. The van der Waals surface area contributed by atoms with Crippen molar-refractivity contribution in [2.45, 2.75) is 19.8 Å². The first-order valence-electron chi connectivity index (χ1n) is 6.09. The number of hydrogen-bond acceptors (Lipinski definition) is 6. The number of carbonyl (C=O) groups is 3. The molecule has 0 N–H and O–H groups in total. The van der Waals surface area contributed by atoms with Crippen LogP contribution in [0.1, 0.15) is 30.1 Å². The fourth-order valence-electron chi connectivity index (χ4n) is 1.42. The zero-order valence-electron chi connectivity index (χ0n) is 11.7. The highest BCUT2D eigenvalue weighted by atomic mass is 35.5. The van der Waals surface area contributed by atoms with Crippen molar-refractivity contribution < 1.29 is 28.6 Å². The van der Waals surface area contributed by atoms with Gasteiger partial charge >= 0.3 is 5.97 Å². The first kappa shape index (κ1) is 17.1. The third-order valence-corrected chi connectivity index (χ3v) is 2.58. The van der Waals surface area contributed by atoms with Crippen LogP contribution in [0.2, 0.25) is 0 Å². The summed E-state index contributed by atoms with van der Waals surface area (Å²) in [6, 6.07) is 4.15.